The summed E-state index contributed by atoms with van der Waals surface area (Å²) >= 11 is -2.12. The summed E-state index contributed by atoms with van der Waals surface area (Å²) in [7, 11) is 0. The Balaban J connectivity index is -0.00000000571. The Morgan fingerprint density at radius 1 is 0.600 bits per heavy atom. The molecule has 4 nitrogen and oxygen atoms in total. The first-order chi connectivity index (χ1) is 2.83. The SMILES string of the molecule is [LiH].[LiH].[Ni].[Ni].[O]=[Co]=[O].[O]=[Co]=[O]. The summed E-state index contributed by atoms with van der Waals surface area (Å²) in [6.45, 7) is 0. The second-order valence-electron chi connectivity index (χ2n) is 0.111. The first-order valence-electron chi connectivity index (χ1n) is 0.544. The Hall–Kier alpha value is 2.39. The van der Waals surface area contributed by atoms with Crippen LogP contribution in [0.15, 0.2) is 0 Å². The van der Waals surface area contributed by atoms with Crippen LogP contribution in [0.2, 0.25) is 0 Å². The van der Waals surface area contributed by atoms with Crippen LogP contribution in [-0.4, -0.2) is 37.7 Å². The quantitative estimate of drug-likeness (QED) is 0.496. The minimum atomic E-state index is -1.06. The van der Waals surface area contributed by atoms with E-state index in [0.717, 1.165) is 0 Å². The second-order valence-corrected chi connectivity index (χ2v) is 0.458. The molecule has 10 heteroatoms. The Kier molecular flexibility index (Phi) is 251. The molecule has 0 rings (SSSR count). The van der Waals surface area contributed by atoms with Gasteiger partial charge in [0.2, 0.25) is 0 Å². The normalized spacial score (nSPS) is 3.20. The van der Waals surface area contributed by atoms with Crippen molar-refractivity contribution >= 4 is 37.7 Å². The maximum absolute atomic E-state index is 8.34. The van der Waals surface area contributed by atoms with Crippen molar-refractivity contribution in [2.75, 3.05) is 0 Å². The van der Waals surface area contributed by atoms with Crippen LogP contribution in [0.5, 0.6) is 0 Å². The van der Waals surface area contributed by atoms with Gasteiger partial charge in [-0.3, -0.25) is 0 Å². The van der Waals surface area contributed by atoms with Crippen molar-refractivity contribution in [2.24, 2.45) is 0 Å². The summed E-state index contributed by atoms with van der Waals surface area (Å²) in [5.74, 6) is 0. The molecule has 0 spiro atoms. The van der Waals surface area contributed by atoms with Crippen LogP contribution in [0.1, 0.15) is 0 Å². The van der Waals surface area contributed by atoms with Gasteiger partial charge in [0.25, 0.3) is 0 Å². The van der Waals surface area contributed by atoms with E-state index in [1.54, 1.807) is 0 Å². The van der Waals surface area contributed by atoms with Crippen LogP contribution in [0, 0.1) is 0 Å². The molecule has 0 unspecified atom stereocenters. The van der Waals surface area contributed by atoms with Crippen molar-refractivity contribution < 1.29 is 77.6 Å². The van der Waals surface area contributed by atoms with Gasteiger partial charge in [0.15, 0.2) is 0 Å². The molecule has 0 saturated carbocycles. The van der Waals surface area contributed by atoms with E-state index in [1.165, 1.54) is 0 Å². The molecule has 0 saturated heterocycles. The number of hydrogen-bond donors (Lipinski definition) is 0. The predicted molar refractivity (Wildman–Crippen MR) is 17.0 cm³/mol. The van der Waals surface area contributed by atoms with E-state index in [0.29, 0.717) is 0 Å². The molecule has 0 radical (unpaired) electrons. The topological polar surface area (TPSA) is 68.3 Å². The van der Waals surface area contributed by atoms with Crippen LogP contribution in [0.25, 0.3) is 0 Å². The van der Waals surface area contributed by atoms with Crippen LogP contribution < -0.4 is 0 Å². The average Bonchev–Trinajstić information content (AvgIpc) is 1.39. The van der Waals surface area contributed by atoms with Crippen molar-refractivity contribution in [1.82, 2.24) is 0 Å². The summed E-state index contributed by atoms with van der Waals surface area (Å²) in [4.78, 5) is 0. The van der Waals surface area contributed by atoms with Crippen molar-refractivity contribution in [2.45, 2.75) is 0 Å². The summed E-state index contributed by atoms with van der Waals surface area (Å²) in [5, 5.41) is 0. The third-order valence-corrected chi connectivity index (χ3v) is 0. The summed E-state index contributed by atoms with van der Waals surface area (Å²) in [6.07, 6.45) is 0. The third-order valence-electron chi connectivity index (χ3n) is 0. The van der Waals surface area contributed by atoms with Crippen LogP contribution in [-0.2, 0) is 77.6 Å². The van der Waals surface area contributed by atoms with E-state index in [2.05, 4.69) is 0 Å². The van der Waals surface area contributed by atoms with Gasteiger partial charge in [-0.1, -0.05) is 0 Å². The fourth-order valence-corrected chi connectivity index (χ4v) is 0. The number of hydrogen-bond acceptors (Lipinski definition) is 4. The van der Waals surface area contributed by atoms with Crippen molar-refractivity contribution in [1.29, 1.82) is 0 Å². The molecule has 0 fully saturated rings. The molecule has 0 aromatic rings. The number of rotatable bonds is 0. The zero-order chi connectivity index (χ0) is 5.41. The first kappa shape index (κ1) is 39.4. The Labute approximate surface area is 114 Å². The van der Waals surface area contributed by atoms with E-state index in [4.69, 9.17) is 15.5 Å². The van der Waals surface area contributed by atoms with E-state index in [-0.39, 0.29) is 70.7 Å². The average molecular weight is 315 g/mol. The van der Waals surface area contributed by atoms with E-state index >= 15 is 0 Å². The van der Waals surface area contributed by atoms with Crippen LogP contribution >= 0.6 is 0 Å². The molecule has 0 bridgehead atoms. The molecule has 10 heavy (non-hydrogen) atoms. The van der Waals surface area contributed by atoms with Gasteiger partial charge in [-0.15, -0.1) is 0 Å². The second kappa shape index (κ2) is 63.7. The monoisotopic (exact) mass is 314 g/mol. The summed E-state index contributed by atoms with van der Waals surface area (Å²) in [6, 6.07) is 0. The van der Waals surface area contributed by atoms with Crippen molar-refractivity contribution in [3.05, 3.63) is 0 Å². The molecule has 66 valence electrons. The molecular formula is H2Co2Li2Ni2O4. The molecule has 0 heterocycles. The standard InChI is InChI=1S/2Co.2Li.2Ni.4O.2H. The third kappa shape index (κ3) is 160. The van der Waals surface area contributed by atoms with Gasteiger partial charge >= 0.3 is 82.3 Å². The molecule has 0 aliphatic rings. The van der Waals surface area contributed by atoms with Gasteiger partial charge in [0.05, 0.1) is 0 Å². The van der Waals surface area contributed by atoms with E-state index < -0.39 is 29.1 Å². The van der Waals surface area contributed by atoms with Crippen molar-refractivity contribution in [3.8, 4) is 0 Å². The molecule has 0 aliphatic carbocycles. The van der Waals surface area contributed by atoms with Gasteiger partial charge < -0.3 is 0 Å². The predicted octanol–water partition coefficient (Wildman–Crippen LogP) is -1.78. The van der Waals surface area contributed by atoms with Gasteiger partial charge in [-0.25, -0.2) is 0 Å². The molecule has 0 N–H and O–H groups in total. The zero-order valence-corrected chi connectivity index (χ0v) is 6.99. The molecular weight excluding hydrogens is 313 g/mol. The fraction of sp³-hybridized carbons (Fsp3) is 0. The summed E-state index contributed by atoms with van der Waals surface area (Å²) < 4.78 is 33.4. The molecule has 0 atom stereocenters. The molecule has 0 amide bonds. The van der Waals surface area contributed by atoms with Gasteiger partial charge in [0.1, 0.15) is 0 Å². The van der Waals surface area contributed by atoms with Crippen LogP contribution in [0.3, 0.4) is 0 Å². The zero-order valence-electron chi connectivity index (χ0n) is 2.93. The molecule has 0 aromatic carbocycles. The van der Waals surface area contributed by atoms with E-state index in [1.807, 2.05) is 0 Å². The Morgan fingerprint density at radius 2 is 0.600 bits per heavy atom. The fourth-order valence-electron chi connectivity index (χ4n) is 0. The maximum atomic E-state index is 8.34. The Bertz CT molecular complexity index is 73.3. The molecule has 0 aromatic heterocycles. The Morgan fingerprint density at radius 3 is 0.600 bits per heavy atom. The van der Waals surface area contributed by atoms with Gasteiger partial charge in [-0.2, -0.15) is 0 Å². The van der Waals surface area contributed by atoms with Crippen LogP contribution in [0.4, 0.5) is 0 Å². The molecule has 0 aliphatic heterocycles. The van der Waals surface area contributed by atoms with Crippen molar-refractivity contribution in [3.63, 3.8) is 0 Å². The first-order valence-corrected chi connectivity index (χ1v) is 2.24. The minimum absolute atomic E-state index is 0. The summed E-state index contributed by atoms with van der Waals surface area (Å²) in [5.41, 5.74) is 0. The van der Waals surface area contributed by atoms with E-state index in [9.17, 15) is 0 Å². The van der Waals surface area contributed by atoms with Gasteiger partial charge in [0, 0.05) is 33.0 Å². The van der Waals surface area contributed by atoms with Gasteiger partial charge in [-0.05, 0) is 0 Å².